The van der Waals surface area contributed by atoms with E-state index in [4.69, 9.17) is 16.3 Å². The molecule has 8 nitrogen and oxygen atoms in total. The van der Waals surface area contributed by atoms with Gasteiger partial charge in [0.05, 0.1) is 27.3 Å². The minimum absolute atomic E-state index is 0.157. The Bertz CT molecular complexity index is 1300. The lowest BCUT2D eigenvalue weighted by molar-refractivity contribution is -0.0440. The molecule has 1 aromatic heterocycles. The second kappa shape index (κ2) is 10.5. The number of aromatic nitrogens is 1. The van der Waals surface area contributed by atoms with Crippen LogP contribution in [0.25, 0.3) is 10.2 Å². The molecule has 1 saturated heterocycles. The highest BCUT2D eigenvalue weighted by Gasteiger charge is 2.32. The van der Waals surface area contributed by atoms with E-state index in [1.165, 1.54) is 27.8 Å². The van der Waals surface area contributed by atoms with Crippen molar-refractivity contribution in [2.45, 2.75) is 31.0 Å². The van der Waals surface area contributed by atoms with Crippen LogP contribution in [0.4, 0.5) is 5.13 Å². The third kappa shape index (κ3) is 5.84. The Hall–Kier alpha value is -2.08. The normalized spacial score (nSPS) is 19.4. The third-order valence-electron chi connectivity index (χ3n) is 5.71. The van der Waals surface area contributed by atoms with Gasteiger partial charge in [-0.1, -0.05) is 22.9 Å². The van der Waals surface area contributed by atoms with Crippen molar-refractivity contribution < 1.29 is 17.9 Å². The number of carbonyl (C=O) groups is 1. The molecule has 1 amide bonds. The van der Waals surface area contributed by atoms with Crippen molar-refractivity contribution in [3.05, 3.63) is 53.1 Å². The highest BCUT2D eigenvalue weighted by molar-refractivity contribution is 7.89. The number of ether oxygens (including phenoxy) is 1. The van der Waals surface area contributed by atoms with E-state index < -0.39 is 10.0 Å². The summed E-state index contributed by atoms with van der Waals surface area (Å²) in [4.78, 5) is 21.9. The average Bonchev–Trinajstić information content (AvgIpc) is 3.21. The van der Waals surface area contributed by atoms with Crippen molar-refractivity contribution in [2.75, 3.05) is 45.2 Å². The number of carbonyl (C=O) groups excluding carboxylic acids is 1. The number of hydrogen-bond donors (Lipinski definition) is 0. The van der Waals surface area contributed by atoms with Crippen LogP contribution in [0.15, 0.2) is 47.4 Å². The summed E-state index contributed by atoms with van der Waals surface area (Å²) >= 11 is 7.52. The smallest absolute Gasteiger partial charge is 0.260 e. The van der Waals surface area contributed by atoms with Gasteiger partial charge in [0.25, 0.3) is 5.91 Å². The van der Waals surface area contributed by atoms with Crippen molar-refractivity contribution in [3.63, 3.8) is 0 Å². The molecule has 2 heterocycles. The number of rotatable bonds is 7. The summed E-state index contributed by atoms with van der Waals surface area (Å²) in [7, 11) is 0.190. The summed E-state index contributed by atoms with van der Waals surface area (Å²) in [6, 6.07) is 11.6. The number of nitrogens with zero attached hydrogens (tertiary/aromatic N) is 4. The molecule has 1 aliphatic heterocycles. The SMILES string of the molecule is C[C@H]1CN(S(=O)(=O)c2ccc(C(=O)N(CCN(C)C)c3nc4ccc(Cl)cc4s3)cc2)C[C@H](C)O1. The van der Waals surface area contributed by atoms with Gasteiger partial charge < -0.3 is 9.64 Å². The van der Waals surface area contributed by atoms with E-state index in [2.05, 4.69) is 4.98 Å². The molecule has 4 rings (SSSR count). The number of sulfonamides is 1. The van der Waals surface area contributed by atoms with Crippen LogP contribution in [0.1, 0.15) is 24.2 Å². The van der Waals surface area contributed by atoms with Crippen LogP contribution in [-0.4, -0.2) is 81.0 Å². The van der Waals surface area contributed by atoms with E-state index in [1.807, 2.05) is 45.0 Å². The lowest BCUT2D eigenvalue weighted by Crippen LogP contribution is -2.48. The van der Waals surface area contributed by atoms with Crippen molar-refractivity contribution >= 4 is 54.2 Å². The fraction of sp³-hybridized carbons (Fsp3) is 0.417. The number of likely N-dealkylation sites (N-methyl/N-ethyl adjacent to an activating group) is 1. The van der Waals surface area contributed by atoms with Gasteiger partial charge in [-0.3, -0.25) is 9.69 Å². The molecule has 2 aromatic carbocycles. The third-order valence-corrected chi connectivity index (χ3v) is 8.83. The van der Waals surface area contributed by atoms with Gasteiger partial charge in [0.15, 0.2) is 5.13 Å². The van der Waals surface area contributed by atoms with Gasteiger partial charge in [-0.25, -0.2) is 13.4 Å². The van der Waals surface area contributed by atoms with E-state index in [1.54, 1.807) is 23.1 Å². The van der Waals surface area contributed by atoms with E-state index >= 15 is 0 Å². The number of anilines is 1. The number of amides is 1. The van der Waals surface area contributed by atoms with Crippen LogP contribution in [0, 0.1) is 0 Å². The molecule has 0 unspecified atom stereocenters. The van der Waals surface area contributed by atoms with E-state index in [0.29, 0.717) is 41.9 Å². The Kier molecular flexibility index (Phi) is 7.80. The van der Waals surface area contributed by atoms with Gasteiger partial charge in [0.2, 0.25) is 10.0 Å². The number of benzene rings is 2. The van der Waals surface area contributed by atoms with E-state index in [0.717, 1.165) is 10.2 Å². The van der Waals surface area contributed by atoms with Gasteiger partial charge in [-0.2, -0.15) is 4.31 Å². The molecule has 3 aromatic rings. The molecule has 11 heteroatoms. The zero-order valence-corrected chi connectivity index (χ0v) is 22.5. The predicted octanol–water partition coefficient (Wildman–Crippen LogP) is 3.96. The number of fused-ring (bicyclic) bond motifs is 1. The van der Waals surface area contributed by atoms with Crippen molar-refractivity contribution in [3.8, 4) is 0 Å². The van der Waals surface area contributed by atoms with E-state index in [-0.39, 0.29) is 23.0 Å². The summed E-state index contributed by atoms with van der Waals surface area (Å²) in [6.45, 7) is 5.39. The lowest BCUT2D eigenvalue weighted by Gasteiger charge is -2.34. The average molecular weight is 537 g/mol. The first-order valence-electron chi connectivity index (χ1n) is 11.3. The second-order valence-corrected chi connectivity index (χ2v) is 12.4. The molecule has 0 radical (unpaired) electrons. The molecule has 0 aliphatic carbocycles. The molecule has 188 valence electrons. The van der Waals surface area contributed by atoms with Gasteiger partial charge in [-0.15, -0.1) is 0 Å². The summed E-state index contributed by atoms with van der Waals surface area (Å²) in [5.41, 5.74) is 1.16. The van der Waals surface area contributed by atoms with Crippen molar-refractivity contribution in [1.29, 1.82) is 0 Å². The second-order valence-electron chi connectivity index (χ2n) is 8.97. The maximum absolute atomic E-state index is 13.5. The van der Waals surface area contributed by atoms with Crippen LogP contribution in [-0.2, 0) is 14.8 Å². The van der Waals surface area contributed by atoms with Crippen LogP contribution in [0.2, 0.25) is 5.02 Å². The topological polar surface area (TPSA) is 83.1 Å². The number of hydrogen-bond acceptors (Lipinski definition) is 7. The zero-order chi connectivity index (χ0) is 25.3. The fourth-order valence-corrected chi connectivity index (χ4v) is 6.84. The number of thiazole rings is 1. The highest BCUT2D eigenvalue weighted by atomic mass is 35.5. The molecule has 0 saturated carbocycles. The molecular formula is C24H29ClN4O4S2. The predicted molar refractivity (Wildman–Crippen MR) is 140 cm³/mol. The first-order chi connectivity index (χ1) is 16.5. The molecule has 0 spiro atoms. The Morgan fingerprint density at radius 3 is 2.40 bits per heavy atom. The van der Waals surface area contributed by atoms with Gasteiger partial charge in [-0.05, 0) is 70.4 Å². The maximum atomic E-state index is 13.5. The Morgan fingerprint density at radius 1 is 1.11 bits per heavy atom. The summed E-state index contributed by atoms with van der Waals surface area (Å²) in [6.07, 6.45) is -0.355. The first kappa shape index (κ1) is 26.0. The van der Waals surface area contributed by atoms with Crippen LogP contribution < -0.4 is 4.90 Å². The largest absolute Gasteiger partial charge is 0.373 e. The highest BCUT2D eigenvalue weighted by Crippen LogP contribution is 2.32. The van der Waals surface area contributed by atoms with Gasteiger partial charge >= 0.3 is 0 Å². The summed E-state index contributed by atoms with van der Waals surface area (Å²) in [5.74, 6) is -0.241. The molecule has 0 N–H and O–H groups in total. The number of morpholine rings is 1. The molecule has 35 heavy (non-hydrogen) atoms. The standard InChI is InChI=1S/C24H29ClN4O4S2/c1-16-14-28(15-17(2)33-16)35(31,32)20-8-5-18(6-9-20)23(30)29(12-11-27(3)4)24-26-21-10-7-19(25)13-22(21)34-24/h5-10,13,16-17H,11-12,14-15H2,1-4H3/t16-,17-/m0/s1. The molecule has 2 atom stereocenters. The Morgan fingerprint density at radius 2 is 1.77 bits per heavy atom. The zero-order valence-electron chi connectivity index (χ0n) is 20.1. The minimum Gasteiger partial charge on any atom is -0.373 e. The molecule has 1 fully saturated rings. The summed E-state index contributed by atoms with van der Waals surface area (Å²) < 4.78 is 34.3. The number of halogens is 1. The van der Waals surface area contributed by atoms with Crippen LogP contribution >= 0.6 is 22.9 Å². The minimum atomic E-state index is -3.69. The Balaban J connectivity index is 1.60. The quantitative estimate of drug-likeness (QED) is 0.454. The van der Waals surface area contributed by atoms with E-state index in [9.17, 15) is 13.2 Å². The fourth-order valence-electron chi connectivity index (χ4n) is 3.99. The van der Waals surface area contributed by atoms with Gasteiger partial charge in [0, 0.05) is 36.8 Å². The monoisotopic (exact) mass is 536 g/mol. The molecule has 1 aliphatic rings. The lowest BCUT2D eigenvalue weighted by atomic mass is 10.2. The molecule has 0 bridgehead atoms. The van der Waals surface area contributed by atoms with Crippen LogP contribution in [0.3, 0.4) is 0 Å². The first-order valence-corrected chi connectivity index (χ1v) is 14.0. The van der Waals surface area contributed by atoms with Crippen LogP contribution in [0.5, 0.6) is 0 Å². The summed E-state index contributed by atoms with van der Waals surface area (Å²) in [5, 5.41) is 1.18. The Labute approximate surface area is 215 Å². The van der Waals surface area contributed by atoms with Crippen molar-refractivity contribution in [1.82, 2.24) is 14.2 Å². The maximum Gasteiger partial charge on any atom is 0.260 e. The molecular weight excluding hydrogens is 508 g/mol. The van der Waals surface area contributed by atoms with Crippen molar-refractivity contribution in [2.24, 2.45) is 0 Å². The van der Waals surface area contributed by atoms with Gasteiger partial charge in [0.1, 0.15) is 0 Å².